The van der Waals surface area contributed by atoms with Gasteiger partial charge in [0.05, 0.1) is 0 Å². The van der Waals surface area contributed by atoms with Crippen molar-refractivity contribution in [3.8, 4) is 0 Å². The van der Waals surface area contributed by atoms with E-state index in [-0.39, 0.29) is 11.8 Å². The summed E-state index contributed by atoms with van der Waals surface area (Å²) in [6.45, 7) is 3.14. The number of carbonyl (C=O) groups excluding carboxylic acids is 1. The molecule has 3 nitrogen and oxygen atoms in total. The summed E-state index contributed by atoms with van der Waals surface area (Å²) in [7, 11) is 2.02. The Labute approximate surface area is 151 Å². The summed E-state index contributed by atoms with van der Waals surface area (Å²) in [6, 6.07) is 15.2. The van der Waals surface area contributed by atoms with Crippen LogP contribution in [0.1, 0.15) is 38.2 Å². The molecule has 1 aliphatic rings. The van der Waals surface area contributed by atoms with Gasteiger partial charge >= 0.3 is 0 Å². The van der Waals surface area contributed by atoms with Crippen molar-refractivity contribution in [1.29, 1.82) is 0 Å². The maximum atomic E-state index is 12.6. The van der Waals surface area contributed by atoms with E-state index in [4.69, 9.17) is 0 Å². The maximum Gasteiger partial charge on any atom is 0.223 e. The van der Waals surface area contributed by atoms with Gasteiger partial charge in [-0.2, -0.15) is 0 Å². The Morgan fingerprint density at radius 3 is 2.52 bits per heavy atom. The van der Waals surface area contributed by atoms with Crippen molar-refractivity contribution in [1.82, 2.24) is 10.6 Å². The summed E-state index contributed by atoms with van der Waals surface area (Å²) < 4.78 is 0. The molecule has 2 aromatic rings. The number of hydrogen-bond acceptors (Lipinski definition) is 2. The van der Waals surface area contributed by atoms with E-state index in [1.165, 1.54) is 29.2 Å². The highest BCUT2D eigenvalue weighted by atomic mass is 16.1. The van der Waals surface area contributed by atoms with Crippen LogP contribution in [0.4, 0.5) is 0 Å². The largest absolute Gasteiger partial charge is 0.353 e. The zero-order chi connectivity index (χ0) is 17.6. The Morgan fingerprint density at radius 1 is 1.08 bits per heavy atom. The standard InChI is InChI=1S/C22H30N2O/c1-16(13-18-7-10-19-5-3-4-6-20(19)14-18)22(25)24-21-11-8-17(9-12-21)15-23-2/h3-7,10,14,16-17,21,23H,8-9,11-13,15H2,1-2H3,(H,24,25). The lowest BCUT2D eigenvalue weighted by Crippen LogP contribution is -2.41. The zero-order valence-corrected chi connectivity index (χ0v) is 15.4. The summed E-state index contributed by atoms with van der Waals surface area (Å²) in [5, 5.41) is 9.04. The third kappa shape index (κ3) is 4.82. The molecule has 0 saturated heterocycles. The Bertz CT molecular complexity index is 704. The van der Waals surface area contributed by atoms with E-state index in [2.05, 4.69) is 53.1 Å². The third-order valence-corrected chi connectivity index (χ3v) is 5.49. The van der Waals surface area contributed by atoms with Gasteiger partial charge in [-0.25, -0.2) is 0 Å². The van der Waals surface area contributed by atoms with Crippen molar-refractivity contribution in [2.75, 3.05) is 13.6 Å². The molecule has 3 heteroatoms. The van der Waals surface area contributed by atoms with Crippen molar-refractivity contribution < 1.29 is 4.79 Å². The number of fused-ring (bicyclic) bond motifs is 1. The van der Waals surface area contributed by atoms with Crippen LogP contribution in [0.2, 0.25) is 0 Å². The fourth-order valence-electron chi connectivity index (χ4n) is 3.96. The minimum absolute atomic E-state index is 0.0104. The van der Waals surface area contributed by atoms with Crippen LogP contribution in [-0.4, -0.2) is 25.5 Å². The monoisotopic (exact) mass is 338 g/mol. The number of carbonyl (C=O) groups is 1. The van der Waals surface area contributed by atoms with Crippen molar-refractivity contribution in [3.63, 3.8) is 0 Å². The molecule has 0 radical (unpaired) electrons. The average molecular weight is 338 g/mol. The SMILES string of the molecule is CNCC1CCC(NC(=O)C(C)Cc2ccc3ccccc3c2)CC1. The van der Waals surface area contributed by atoms with Crippen LogP contribution in [0, 0.1) is 11.8 Å². The highest BCUT2D eigenvalue weighted by Crippen LogP contribution is 2.24. The predicted molar refractivity (Wildman–Crippen MR) is 105 cm³/mol. The lowest BCUT2D eigenvalue weighted by Gasteiger charge is -2.29. The van der Waals surface area contributed by atoms with Gasteiger partial charge in [0.2, 0.25) is 5.91 Å². The molecule has 1 atom stereocenters. The van der Waals surface area contributed by atoms with Gasteiger partial charge in [-0.05, 0) is 68.0 Å². The molecule has 1 amide bonds. The van der Waals surface area contributed by atoms with E-state index in [0.717, 1.165) is 31.7 Å². The smallest absolute Gasteiger partial charge is 0.223 e. The van der Waals surface area contributed by atoms with Gasteiger partial charge in [0, 0.05) is 12.0 Å². The Balaban J connectivity index is 1.52. The summed E-state index contributed by atoms with van der Waals surface area (Å²) in [6.07, 6.45) is 5.45. The molecule has 25 heavy (non-hydrogen) atoms. The molecule has 134 valence electrons. The molecule has 1 saturated carbocycles. The molecule has 1 unspecified atom stereocenters. The lowest BCUT2D eigenvalue weighted by molar-refractivity contribution is -0.125. The Hall–Kier alpha value is -1.87. The molecule has 0 spiro atoms. The third-order valence-electron chi connectivity index (χ3n) is 5.49. The van der Waals surface area contributed by atoms with Gasteiger partial charge in [-0.3, -0.25) is 4.79 Å². The van der Waals surface area contributed by atoms with Gasteiger partial charge in [-0.15, -0.1) is 0 Å². The highest BCUT2D eigenvalue weighted by Gasteiger charge is 2.23. The first-order valence-corrected chi connectivity index (χ1v) is 9.58. The number of amides is 1. The molecule has 2 aromatic carbocycles. The molecule has 3 rings (SSSR count). The van der Waals surface area contributed by atoms with Crippen LogP contribution >= 0.6 is 0 Å². The Kier molecular flexibility index (Phi) is 6.09. The molecule has 1 aliphatic carbocycles. The van der Waals surface area contributed by atoms with E-state index in [0.29, 0.717) is 6.04 Å². The first-order chi connectivity index (χ1) is 12.2. The first-order valence-electron chi connectivity index (χ1n) is 9.58. The second-order valence-corrected chi connectivity index (χ2v) is 7.57. The number of benzene rings is 2. The predicted octanol–water partition coefficient (Wildman–Crippen LogP) is 3.91. The molecule has 0 heterocycles. The molecule has 0 aliphatic heterocycles. The van der Waals surface area contributed by atoms with E-state index < -0.39 is 0 Å². The topological polar surface area (TPSA) is 41.1 Å². The maximum absolute atomic E-state index is 12.6. The van der Waals surface area contributed by atoms with Gasteiger partial charge in [0.15, 0.2) is 0 Å². The normalized spacial score (nSPS) is 21.8. The minimum Gasteiger partial charge on any atom is -0.353 e. The van der Waals surface area contributed by atoms with Crippen LogP contribution in [-0.2, 0) is 11.2 Å². The van der Waals surface area contributed by atoms with E-state index in [1.807, 2.05) is 14.0 Å². The highest BCUT2D eigenvalue weighted by molar-refractivity contribution is 5.83. The number of hydrogen-bond donors (Lipinski definition) is 2. The summed E-state index contributed by atoms with van der Waals surface area (Å²) in [5.74, 6) is 0.981. The van der Waals surface area contributed by atoms with Crippen LogP contribution in [0.25, 0.3) is 10.8 Å². The molecule has 2 N–H and O–H groups in total. The molecule has 1 fully saturated rings. The quantitative estimate of drug-likeness (QED) is 0.838. The Morgan fingerprint density at radius 2 is 1.80 bits per heavy atom. The van der Waals surface area contributed by atoms with Crippen molar-refractivity contribution in [2.45, 2.75) is 45.1 Å². The van der Waals surface area contributed by atoms with Crippen molar-refractivity contribution in [2.24, 2.45) is 11.8 Å². The molecule has 0 aromatic heterocycles. The minimum atomic E-state index is 0.0104. The summed E-state index contributed by atoms with van der Waals surface area (Å²) in [4.78, 5) is 12.6. The van der Waals surface area contributed by atoms with Crippen LogP contribution in [0.5, 0.6) is 0 Å². The second-order valence-electron chi connectivity index (χ2n) is 7.57. The van der Waals surface area contributed by atoms with Crippen LogP contribution < -0.4 is 10.6 Å². The van der Waals surface area contributed by atoms with Crippen molar-refractivity contribution in [3.05, 3.63) is 48.0 Å². The van der Waals surface area contributed by atoms with Gasteiger partial charge in [0.1, 0.15) is 0 Å². The van der Waals surface area contributed by atoms with E-state index in [9.17, 15) is 4.79 Å². The second kappa shape index (κ2) is 8.48. The number of rotatable bonds is 6. The van der Waals surface area contributed by atoms with Crippen molar-refractivity contribution >= 4 is 16.7 Å². The van der Waals surface area contributed by atoms with Gasteiger partial charge in [0.25, 0.3) is 0 Å². The molecular weight excluding hydrogens is 308 g/mol. The van der Waals surface area contributed by atoms with Gasteiger partial charge in [-0.1, -0.05) is 49.4 Å². The summed E-state index contributed by atoms with van der Waals surface area (Å²) in [5.41, 5.74) is 1.24. The first kappa shape index (κ1) is 17.9. The zero-order valence-electron chi connectivity index (χ0n) is 15.4. The fraction of sp³-hybridized carbons (Fsp3) is 0.500. The molecule has 0 bridgehead atoms. The average Bonchev–Trinajstić information content (AvgIpc) is 2.63. The lowest BCUT2D eigenvalue weighted by atomic mass is 9.85. The van der Waals surface area contributed by atoms with Gasteiger partial charge < -0.3 is 10.6 Å². The van der Waals surface area contributed by atoms with Crippen LogP contribution in [0.15, 0.2) is 42.5 Å². The number of nitrogens with one attached hydrogen (secondary N) is 2. The summed E-state index contributed by atoms with van der Waals surface area (Å²) >= 11 is 0. The van der Waals surface area contributed by atoms with E-state index >= 15 is 0 Å². The van der Waals surface area contributed by atoms with Crippen LogP contribution in [0.3, 0.4) is 0 Å². The fourth-order valence-corrected chi connectivity index (χ4v) is 3.96. The molecular formula is C22H30N2O. The van der Waals surface area contributed by atoms with E-state index in [1.54, 1.807) is 0 Å².